The van der Waals surface area contributed by atoms with Crippen molar-refractivity contribution in [3.05, 3.63) is 57.6 Å². The number of esters is 1. The van der Waals surface area contributed by atoms with Crippen LogP contribution in [0.4, 0.5) is 11.4 Å². The minimum atomic E-state index is -1.02. The van der Waals surface area contributed by atoms with Gasteiger partial charge in [-0.2, -0.15) is 0 Å². The van der Waals surface area contributed by atoms with Crippen LogP contribution in [-0.2, 0) is 14.3 Å². The third kappa shape index (κ3) is 4.45. The molecule has 10 heteroatoms. The molecule has 9 nitrogen and oxygen atoms in total. The number of para-hydroxylation sites is 2. The van der Waals surface area contributed by atoms with Gasteiger partial charge in [0.1, 0.15) is 12.3 Å². The summed E-state index contributed by atoms with van der Waals surface area (Å²) in [6.45, 7) is -0.707. The van der Waals surface area contributed by atoms with E-state index in [4.69, 9.17) is 25.8 Å². The highest BCUT2D eigenvalue weighted by Crippen LogP contribution is 2.31. The average molecular weight is 393 g/mol. The Labute approximate surface area is 157 Å². The molecule has 27 heavy (non-hydrogen) atoms. The highest BCUT2D eigenvalue weighted by Gasteiger charge is 2.29. The minimum Gasteiger partial charge on any atom is -0.485 e. The number of fused-ring (bicyclic) bond motifs is 1. The summed E-state index contributed by atoms with van der Waals surface area (Å²) in [5, 5.41) is 13.5. The molecule has 1 amide bonds. The van der Waals surface area contributed by atoms with Crippen LogP contribution in [0.15, 0.2) is 42.5 Å². The van der Waals surface area contributed by atoms with Crippen LogP contribution in [0.3, 0.4) is 0 Å². The molecule has 1 atom stereocenters. The number of nitrogens with zero attached hydrogens (tertiary/aromatic N) is 1. The van der Waals surface area contributed by atoms with Gasteiger partial charge in [-0.15, -0.1) is 0 Å². The van der Waals surface area contributed by atoms with Gasteiger partial charge in [-0.25, -0.2) is 4.79 Å². The second kappa shape index (κ2) is 7.92. The van der Waals surface area contributed by atoms with Crippen LogP contribution in [0, 0.1) is 10.1 Å². The molecule has 0 saturated heterocycles. The number of hydrogen-bond donors (Lipinski definition) is 1. The lowest BCUT2D eigenvalue weighted by atomic mass is 10.2. The fourth-order valence-electron chi connectivity index (χ4n) is 2.32. The van der Waals surface area contributed by atoms with Gasteiger partial charge in [0, 0.05) is 11.1 Å². The van der Waals surface area contributed by atoms with Crippen molar-refractivity contribution >= 4 is 34.9 Å². The Kier molecular flexibility index (Phi) is 5.41. The molecule has 0 aromatic heterocycles. The van der Waals surface area contributed by atoms with E-state index in [-0.39, 0.29) is 23.0 Å². The molecular weight excluding hydrogens is 380 g/mol. The number of benzene rings is 2. The molecule has 0 bridgehead atoms. The Hall–Kier alpha value is -3.33. The molecule has 0 radical (unpaired) electrons. The summed E-state index contributed by atoms with van der Waals surface area (Å²) < 4.78 is 15.8. The van der Waals surface area contributed by atoms with Crippen LogP contribution in [0.1, 0.15) is 0 Å². The molecule has 3 rings (SSSR count). The Balaban J connectivity index is 1.56. The Morgan fingerprint density at radius 3 is 2.74 bits per heavy atom. The Morgan fingerprint density at radius 1 is 1.26 bits per heavy atom. The van der Waals surface area contributed by atoms with Gasteiger partial charge in [0.25, 0.3) is 11.6 Å². The first-order valence-electron chi connectivity index (χ1n) is 7.73. The normalized spacial score (nSPS) is 14.9. The molecular formula is C17H13ClN2O7. The second-order valence-electron chi connectivity index (χ2n) is 5.44. The minimum absolute atomic E-state index is 0.0583. The van der Waals surface area contributed by atoms with Crippen molar-refractivity contribution in [2.45, 2.75) is 6.10 Å². The summed E-state index contributed by atoms with van der Waals surface area (Å²) >= 11 is 5.79. The van der Waals surface area contributed by atoms with Crippen molar-refractivity contribution in [2.24, 2.45) is 0 Å². The van der Waals surface area contributed by atoms with Crippen molar-refractivity contribution in [2.75, 3.05) is 18.5 Å². The second-order valence-corrected chi connectivity index (χ2v) is 5.88. The lowest BCUT2D eigenvalue weighted by Crippen LogP contribution is -2.39. The summed E-state index contributed by atoms with van der Waals surface area (Å²) in [4.78, 5) is 34.3. The van der Waals surface area contributed by atoms with Gasteiger partial charge in [0.05, 0.1) is 4.92 Å². The van der Waals surface area contributed by atoms with E-state index in [1.54, 1.807) is 24.3 Å². The number of hydrogen-bond acceptors (Lipinski definition) is 7. The van der Waals surface area contributed by atoms with E-state index in [2.05, 4.69) is 5.32 Å². The predicted octanol–water partition coefficient (Wildman–Crippen LogP) is 2.57. The van der Waals surface area contributed by atoms with Crippen molar-refractivity contribution in [3.8, 4) is 11.5 Å². The summed E-state index contributed by atoms with van der Waals surface area (Å²) in [5.74, 6) is -0.650. The number of nitro groups is 1. The molecule has 1 N–H and O–H groups in total. The standard InChI is InChI=1S/C17H13ClN2O7/c18-10-5-6-12(20(23)24)11(7-10)19-16(21)9-26-17(22)15-8-25-13-3-1-2-4-14(13)27-15/h1-7,15H,8-9H2,(H,19,21)/t15-/m0/s1. The summed E-state index contributed by atoms with van der Waals surface area (Å²) in [7, 11) is 0. The van der Waals surface area contributed by atoms with Crippen LogP contribution < -0.4 is 14.8 Å². The molecule has 0 saturated carbocycles. The molecule has 0 fully saturated rings. The zero-order chi connectivity index (χ0) is 19.4. The number of nitro benzene ring substituents is 1. The largest absolute Gasteiger partial charge is 0.485 e. The molecule has 0 spiro atoms. The van der Waals surface area contributed by atoms with Gasteiger partial charge < -0.3 is 19.5 Å². The Morgan fingerprint density at radius 2 is 2.00 bits per heavy atom. The maximum Gasteiger partial charge on any atom is 0.351 e. The highest BCUT2D eigenvalue weighted by atomic mass is 35.5. The molecule has 1 aliphatic rings. The molecule has 0 aliphatic carbocycles. The first-order chi connectivity index (χ1) is 12.9. The number of carbonyl (C=O) groups is 2. The number of carbonyl (C=O) groups excluding carboxylic acids is 2. The van der Waals surface area contributed by atoms with E-state index in [1.807, 2.05) is 0 Å². The van der Waals surface area contributed by atoms with Gasteiger partial charge in [-0.1, -0.05) is 23.7 Å². The number of nitrogens with one attached hydrogen (secondary N) is 1. The molecule has 1 heterocycles. The first kappa shape index (κ1) is 18.5. The number of amides is 1. The number of anilines is 1. The third-order valence-electron chi connectivity index (χ3n) is 3.55. The number of ether oxygens (including phenoxy) is 3. The molecule has 0 unspecified atom stereocenters. The maximum atomic E-state index is 12.1. The third-order valence-corrected chi connectivity index (χ3v) is 3.78. The monoisotopic (exact) mass is 392 g/mol. The lowest BCUT2D eigenvalue weighted by Gasteiger charge is -2.24. The zero-order valence-corrected chi connectivity index (χ0v) is 14.5. The predicted molar refractivity (Wildman–Crippen MR) is 94.0 cm³/mol. The van der Waals surface area contributed by atoms with Crippen molar-refractivity contribution in [1.82, 2.24) is 0 Å². The molecule has 2 aromatic carbocycles. The Bertz CT molecular complexity index is 903. The van der Waals surface area contributed by atoms with E-state index in [0.717, 1.165) is 6.07 Å². The van der Waals surface area contributed by atoms with E-state index in [9.17, 15) is 19.7 Å². The van der Waals surface area contributed by atoms with Crippen molar-refractivity contribution in [3.63, 3.8) is 0 Å². The van der Waals surface area contributed by atoms with E-state index >= 15 is 0 Å². The van der Waals surface area contributed by atoms with Gasteiger partial charge in [0.15, 0.2) is 18.1 Å². The topological polar surface area (TPSA) is 117 Å². The van der Waals surface area contributed by atoms with Gasteiger partial charge in [-0.05, 0) is 24.3 Å². The maximum absolute atomic E-state index is 12.1. The first-order valence-corrected chi connectivity index (χ1v) is 8.11. The van der Waals surface area contributed by atoms with Crippen molar-refractivity contribution in [1.29, 1.82) is 0 Å². The molecule has 140 valence electrons. The quantitative estimate of drug-likeness (QED) is 0.472. The number of halogens is 1. The molecule has 1 aliphatic heterocycles. The SMILES string of the molecule is O=C(COC(=O)[C@@H]1COc2ccccc2O1)Nc1cc(Cl)ccc1[N+](=O)[O-]. The molecule has 2 aromatic rings. The van der Waals surface area contributed by atoms with Crippen LogP contribution in [-0.4, -0.2) is 36.1 Å². The smallest absolute Gasteiger partial charge is 0.351 e. The summed E-state index contributed by atoms with van der Waals surface area (Å²) in [6.07, 6.45) is -1.02. The van der Waals surface area contributed by atoms with Crippen LogP contribution >= 0.6 is 11.6 Å². The van der Waals surface area contributed by atoms with Crippen LogP contribution in [0.5, 0.6) is 11.5 Å². The number of rotatable bonds is 5. The van der Waals surface area contributed by atoms with Gasteiger partial charge in [0.2, 0.25) is 6.10 Å². The van der Waals surface area contributed by atoms with E-state index < -0.39 is 29.5 Å². The van der Waals surface area contributed by atoms with E-state index in [0.29, 0.717) is 11.5 Å². The van der Waals surface area contributed by atoms with Gasteiger partial charge in [-0.3, -0.25) is 14.9 Å². The van der Waals surface area contributed by atoms with Crippen LogP contribution in [0.25, 0.3) is 0 Å². The zero-order valence-electron chi connectivity index (χ0n) is 13.7. The fraction of sp³-hybridized carbons (Fsp3) is 0.176. The lowest BCUT2D eigenvalue weighted by molar-refractivity contribution is -0.383. The highest BCUT2D eigenvalue weighted by molar-refractivity contribution is 6.31. The van der Waals surface area contributed by atoms with E-state index in [1.165, 1.54) is 12.1 Å². The average Bonchev–Trinajstić information content (AvgIpc) is 2.65. The fourth-order valence-corrected chi connectivity index (χ4v) is 2.49. The van der Waals surface area contributed by atoms with Gasteiger partial charge >= 0.3 is 5.97 Å². The summed E-state index contributed by atoms with van der Waals surface area (Å²) in [5.41, 5.74) is -0.431. The summed E-state index contributed by atoms with van der Waals surface area (Å²) in [6, 6.07) is 10.5. The van der Waals surface area contributed by atoms with Crippen LogP contribution in [0.2, 0.25) is 5.02 Å². The van der Waals surface area contributed by atoms with Crippen molar-refractivity contribution < 1.29 is 28.7 Å².